The summed E-state index contributed by atoms with van der Waals surface area (Å²) in [6, 6.07) is 5.83. The maximum Gasteiger partial charge on any atom is 0.237 e. The number of fused-ring (bicyclic) bond motifs is 1. The number of likely N-dealkylation sites (N-methyl/N-ethyl adjacent to an activating group) is 1. The summed E-state index contributed by atoms with van der Waals surface area (Å²) in [6.07, 6.45) is 0.0482. The number of hydrogen-bond acceptors (Lipinski definition) is 2. The van der Waals surface area contributed by atoms with Gasteiger partial charge in [-0.25, -0.2) is 0 Å². The van der Waals surface area contributed by atoms with Crippen molar-refractivity contribution in [2.24, 2.45) is 5.73 Å². The Hall–Kier alpha value is -1.84. The minimum atomic E-state index is -0.818. The Labute approximate surface area is 100 Å². The number of amides is 2. The summed E-state index contributed by atoms with van der Waals surface area (Å²) in [5.41, 5.74) is 7.26. The number of rotatable bonds is 2. The van der Waals surface area contributed by atoms with E-state index in [1.807, 2.05) is 25.1 Å². The number of anilines is 1. The zero-order valence-electron chi connectivity index (χ0n) is 10.3. The van der Waals surface area contributed by atoms with Gasteiger partial charge in [-0.3, -0.25) is 9.59 Å². The predicted molar refractivity (Wildman–Crippen MR) is 65.8 cm³/mol. The van der Waals surface area contributed by atoms with Crippen molar-refractivity contribution in [1.29, 1.82) is 0 Å². The van der Waals surface area contributed by atoms with Crippen LogP contribution in [-0.4, -0.2) is 18.9 Å². The highest BCUT2D eigenvalue weighted by molar-refractivity contribution is 6.09. The lowest BCUT2D eigenvalue weighted by atomic mass is 9.80. The van der Waals surface area contributed by atoms with Gasteiger partial charge in [-0.05, 0) is 25.5 Å². The fraction of sp³-hybridized carbons (Fsp3) is 0.385. The fourth-order valence-corrected chi connectivity index (χ4v) is 2.50. The van der Waals surface area contributed by atoms with E-state index in [4.69, 9.17) is 5.73 Å². The van der Waals surface area contributed by atoms with Crippen molar-refractivity contribution in [2.45, 2.75) is 25.7 Å². The molecule has 0 spiro atoms. The molecule has 4 heteroatoms. The second-order valence-electron chi connectivity index (χ2n) is 4.86. The van der Waals surface area contributed by atoms with E-state index >= 15 is 0 Å². The highest BCUT2D eigenvalue weighted by Gasteiger charge is 2.46. The Bertz CT molecular complexity index is 510. The van der Waals surface area contributed by atoms with E-state index in [1.165, 1.54) is 0 Å². The largest absolute Gasteiger partial charge is 0.370 e. The van der Waals surface area contributed by atoms with Gasteiger partial charge in [0, 0.05) is 19.2 Å². The zero-order valence-corrected chi connectivity index (χ0v) is 10.3. The molecule has 0 radical (unpaired) electrons. The van der Waals surface area contributed by atoms with Gasteiger partial charge in [0.2, 0.25) is 11.8 Å². The fourth-order valence-electron chi connectivity index (χ4n) is 2.50. The van der Waals surface area contributed by atoms with E-state index in [2.05, 4.69) is 0 Å². The molecule has 0 saturated heterocycles. The topological polar surface area (TPSA) is 63.4 Å². The molecule has 1 heterocycles. The molecule has 17 heavy (non-hydrogen) atoms. The molecule has 0 saturated carbocycles. The van der Waals surface area contributed by atoms with Crippen molar-refractivity contribution in [3.8, 4) is 0 Å². The van der Waals surface area contributed by atoms with E-state index in [0.29, 0.717) is 0 Å². The Balaban J connectivity index is 2.60. The summed E-state index contributed by atoms with van der Waals surface area (Å²) in [6.45, 7) is 3.75. The van der Waals surface area contributed by atoms with E-state index in [1.54, 1.807) is 18.9 Å². The third-order valence-corrected chi connectivity index (χ3v) is 3.41. The number of carbonyl (C=O) groups is 2. The third-order valence-electron chi connectivity index (χ3n) is 3.41. The van der Waals surface area contributed by atoms with Crippen LogP contribution in [0.1, 0.15) is 24.5 Å². The molecule has 1 aromatic carbocycles. The molecule has 0 bridgehead atoms. The number of aryl methyl sites for hydroxylation is 1. The van der Waals surface area contributed by atoms with Crippen LogP contribution in [0, 0.1) is 6.92 Å². The molecule has 2 N–H and O–H groups in total. The maximum atomic E-state index is 12.2. The van der Waals surface area contributed by atoms with Gasteiger partial charge in [0.15, 0.2) is 0 Å². The molecule has 0 aliphatic carbocycles. The van der Waals surface area contributed by atoms with E-state index in [9.17, 15) is 9.59 Å². The number of hydrogen-bond donors (Lipinski definition) is 1. The predicted octanol–water partition coefficient (Wildman–Crippen LogP) is 1.10. The first-order chi connectivity index (χ1) is 7.86. The monoisotopic (exact) mass is 232 g/mol. The smallest absolute Gasteiger partial charge is 0.237 e. The van der Waals surface area contributed by atoms with Crippen molar-refractivity contribution in [2.75, 3.05) is 11.9 Å². The summed E-state index contributed by atoms with van der Waals surface area (Å²) < 4.78 is 0. The van der Waals surface area contributed by atoms with Crippen LogP contribution in [0.25, 0.3) is 0 Å². The molecule has 0 fully saturated rings. The van der Waals surface area contributed by atoms with Crippen molar-refractivity contribution >= 4 is 17.5 Å². The summed E-state index contributed by atoms with van der Waals surface area (Å²) in [5, 5.41) is 0. The first-order valence-corrected chi connectivity index (χ1v) is 5.54. The molecule has 1 atom stereocenters. The Kier molecular flexibility index (Phi) is 2.45. The average molecular weight is 232 g/mol. The van der Waals surface area contributed by atoms with Gasteiger partial charge < -0.3 is 10.6 Å². The second kappa shape index (κ2) is 3.58. The van der Waals surface area contributed by atoms with Crippen LogP contribution in [0.3, 0.4) is 0 Å². The Morgan fingerprint density at radius 1 is 1.47 bits per heavy atom. The number of carbonyl (C=O) groups excluding carboxylic acids is 2. The van der Waals surface area contributed by atoms with Gasteiger partial charge in [-0.2, -0.15) is 0 Å². The van der Waals surface area contributed by atoms with Gasteiger partial charge in [0.25, 0.3) is 0 Å². The number of nitrogens with two attached hydrogens (primary N) is 1. The average Bonchev–Trinajstić information content (AvgIpc) is 2.41. The number of primary amides is 1. The lowest BCUT2D eigenvalue weighted by molar-refractivity contribution is -0.127. The van der Waals surface area contributed by atoms with Crippen LogP contribution in [0.4, 0.5) is 5.69 Å². The van der Waals surface area contributed by atoms with Crippen LogP contribution in [-0.2, 0) is 15.0 Å². The van der Waals surface area contributed by atoms with E-state index < -0.39 is 11.3 Å². The second-order valence-corrected chi connectivity index (χ2v) is 4.86. The lowest BCUT2D eigenvalue weighted by Crippen LogP contribution is -2.39. The van der Waals surface area contributed by atoms with E-state index in [-0.39, 0.29) is 12.3 Å². The Morgan fingerprint density at radius 2 is 2.12 bits per heavy atom. The quantitative estimate of drug-likeness (QED) is 0.830. The molecule has 4 nitrogen and oxygen atoms in total. The summed E-state index contributed by atoms with van der Waals surface area (Å²) in [7, 11) is 1.72. The van der Waals surface area contributed by atoms with Crippen LogP contribution in [0.15, 0.2) is 18.2 Å². The normalized spacial score (nSPS) is 22.8. The van der Waals surface area contributed by atoms with Crippen molar-refractivity contribution in [3.05, 3.63) is 29.3 Å². The minimum Gasteiger partial charge on any atom is -0.370 e. The van der Waals surface area contributed by atoms with Crippen molar-refractivity contribution in [3.63, 3.8) is 0 Å². The van der Waals surface area contributed by atoms with Gasteiger partial charge in [-0.15, -0.1) is 0 Å². The van der Waals surface area contributed by atoms with Crippen molar-refractivity contribution in [1.82, 2.24) is 0 Å². The third kappa shape index (κ3) is 1.60. The molecular formula is C13H16N2O2. The highest BCUT2D eigenvalue weighted by atomic mass is 16.2. The van der Waals surface area contributed by atoms with Gasteiger partial charge in [-0.1, -0.05) is 17.7 Å². The SMILES string of the molecule is Cc1ccc2c(c1)C(C)(CC(N)=O)C(=O)N2C. The molecule has 1 aliphatic rings. The van der Waals surface area contributed by atoms with Crippen LogP contribution >= 0.6 is 0 Å². The van der Waals surface area contributed by atoms with Gasteiger partial charge >= 0.3 is 0 Å². The molecule has 1 aliphatic heterocycles. The van der Waals surface area contributed by atoms with E-state index in [0.717, 1.165) is 16.8 Å². The van der Waals surface area contributed by atoms with Crippen LogP contribution < -0.4 is 10.6 Å². The van der Waals surface area contributed by atoms with Gasteiger partial charge in [0.1, 0.15) is 0 Å². The molecule has 2 rings (SSSR count). The van der Waals surface area contributed by atoms with Gasteiger partial charge in [0.05, 0.1) is 5.41 Å². The lowest BCUT2D eigenvalue weighted by Gasteiger charge is -2.21. The molecule has 90 valence electrons. The summed E-state index contributed by atoms with van der Waals surface area (Å²) >= 11 is 0. The Morgan fingerprint density at radius 3 is 2.71 bits per heavy atom. The van der Waals surface area contributed by atoms with Crippen LogP contribution in [0.2, 0.25) is 0 Å². The molecule has 1 aromatic rings. The number of nitrogens with zero attached hydrogens (tertiary/aromatic N) is 1. The number of benzene rings is 1. The zero-order chi connectivity index (χ0) is 12.8. The standard InChI is InChI=1S/C13H16N2O2/c1-8-4-5-10-9(6-8)13(2,7-11(14)16)12(17)15(10)3/h4-6H,7H2,1-3H3,(H2,14,16). The highest BCUT2D eigenvalue weighted by Crippen LogP contribution is 2.43. The molecule has 2 amide bonds. The van der Waals surface area contributed by atoms with Crippen molar-refractivity contribution < 1.29 is 9.59 Å². The molecule has 0 aromatic heterocycles. The minimum absolute atomic E-state index is 0.0482. The molecule has 1 unspecified atom stereocenters. The first kappa shape index (κ1) is 11.6. The summed E-state index contributed by atoms with van der Waals surface area (Å²) in [4.78, 5) is 25.0. The molecular weight excluding hydrogens is 216 g/mol. The maximum absolute atomic E-state index is 12.2. The van der Waals surface area contributed by atoms with Crippen LogP contribution in [0.5, 0.6) is 0 Å². The first-order valence-electron chi connectivity index (χ1n) is 5.54. The summed E-state index contributed by atoms with van der Waals surface area (Å²) in [5.74, 6) is -0.527.